The first-order valence-electron chi connectivity index (χ1n) is 6.58. The van der Waals surface area contributed by atoms with Gasteiger partial charge in [-0.05, 0) is 47.7 Å². The summed E-state index contributed by atoms with van der Waals surface area (Å²) in [4.78, 5) is 11.9. The maximum absolute atomic E-state index is 11.9. The number of hydrogen-bond donors (Lipinski definition) is 0. The van der Waals surface area contributed by atoms with E-state index in [4.69, 9.17) is 4.74 Å². The van der Waals surface area contributed by atoms with Gasteiger partial charge in [-0.25, -0.2) is 4.79 Å². The van der Waals surface area contributed by atoms with Crippen LogP contribution < -0.4 is 0 Å². The molecule has 0 unspecified atom stereocenters. The molecular weight excluding hydrogens is 236 g/mol. The second-order valence-electron chi connectivity index (χ2n) is 4.93. The maximum atomic E-state index is 11.9. The van der Waals surface area contributed by atoms with Crippen molar-refractivity contribution in [3.05, 3.63) is 53.1 Å². The Balaban J connectivity index is 2.18. The summed E-state index contributed by atoms with van der Waals surface area (Å²) < 4.78 is 4.89. The highest BCUT2D eigenvalue weighted by molar-refractivity contribution is 5.99. The number of carbonyl (C=O) groups excluding carboxylic acids is 1. The van der Waals surface area contributed by atoms with E-state index in [9.17, 15) is 4.79 Å². The fourth-order valence-electron chi connectivity index (χ4n) is 2.41. The Labute approximate surface area is 112 Å². The van der Waals surface area contributed by atoms with Crippen molar-refractivity contribution in [1.29, 1.82) is 0 Å². The summed E-state index contributed by atoms with van der Waals surface area (Å²) in [7, 11) is 1.43. The summed E-state index contributed by atoms with van der Waals surface area (Å²) in [6, 6.07) is 12.1. The number of rotatable bonds is 2. The van der Waals surface area contributed by atoms with Crippen LogP contribution in [0.3, 0.4) is 0 Å². The Hall–Kier alpha value is -2.09. The van der Waals surface area contributed by atoms with Crippen LogP contribution in [0.25, 0.3) is 16.8 Å². The molecule has 19 heavy (non-hydrogen) atoms. The Bertz CT molecular complexity index is 662. The molecule has 0 amide bonds. The van der Waals surface area contributed by atoms with Gasteiger partial charge >= 0.3 is 5.97 Å². The summed E-state index contributed by atoms with van der Waals surface area (Å²) in [6.45, 7) is 0. The van der Waals surface area contributed by atoms with E-state index < -0.39 is 0 Å². The smallest absolute Gasteiger partial charge is 0.338 e. The Morgan fingerprint density at radius 2 is 1.84 bits per heavy atom. The van der Waals surface area contributed by atoms with Crippen molar-refractivity contribution in [2.24, 2.45) is 0 Å². The molecule has 0 radical (unpaired) electrons. The van der Waals surface area contributed by atoms with Gasteiger partial charge in [-0.15, -0.1) is 0 Å². The zero-order chi connectivity index (χ0) is 13.2. The second kappa shape index (κ2) is 4.88. The predicted octanol–water partition coefficient (Wildman–Crippen LogP) is 4.19. The zero-order valence-electron chi connectivity index (χ0n) is 11.0. The Kier molecular flexibility index (Phi) is 3.08. The highest BCUT2D eigenvalue weighted by Crippen LogP contribution is 2.30. The van der Waals surface area contributed by atoms with Crippen molar-refractivity contribution in [3.8, 4) is 0 Å². The molecule has 2 aromatic carbocycles. The zero-order valence-corrected chi connectivity index (χ0v) is 11.0. The van der Waals surface area contributed by atoms with Crippen molar-refractivity contribution in [2.75, 3.05) is 7.11 Å². The van der Waals surface area contributed by atoms with E-state index >= 15 is 0 Å². The van der Waals surface area contributed by atoms with Crippen LogP contribution in [-0.2, 0) is 4.74 Å². The molecule has 0 aromatic heterocycles. The van der Waals surface area contributed by atoms with Crippen LogP contribution >= 0.6 is 0 Å². The fraction of sp³-hybridized carbons (Fsp3) is 0.235. The third kappa shape index (κ3) is 2.26. The van der Waals surface area contributed by atoms with Crippen LogP contribution in [0.2, 0.25) is 0 Å². The number of hydrogen-bond acceptors (Lipinski definition) is 2. The first-order valence-corrected chi connectivity index (χ1v) is 6.58. The molecule has 3 rings (SSSR count). The second-order valence-corrected chi connectivity index (χ2v) is 4.93. The summed E-state index contributed by atoms with van der Waals surface area (Å²) >= 11 is 0. The van der Waals surface area contributed by atoms with E-state index in [1.165, 1.54) is 19.1 Å². The molecule has 1 aliphatic rings. The topological polar surface area (TPSA) is 26.3 Å². The summed E-state index contributed by atoms with van der Waals surface area (Å²) in [5.41, 5.74) is 3.04. The van der Waals surface area contributed by atoms with E-state index in [1.54, 1.807) is 0 Å². The molecule has 1 aliphatic carbocycles. The van der Waals surface area contributed by atoms with Crippen LogP contribution in [-0.4, -0.2) is 13.1 Å². The van der Waals surface area contributed by atoms with E-state index in [1.807, 2.05) is 24.3 Å². The minimum Gasteiger partial charge on any atom is -0.465 e. The van der Waals surface area contributed by atoms with Gasteiger partial charge in [0.15, 0.2) is 0 Å². The third-order valence-corrected chi connectivity index (χ3v) is 3.68. The molecule has 2 aromatic rings. The molecular formula is C17H16O2. The molecule has 0 N–H and O–H groups in total. The summed E-state index contributed by atoms with van der Waals surface area (Å²) in [5, 5.41) is 2.22. The molecule has 1 fully saturated rings. The number of benzene rings is 2. The van der Waals surface area contributed by atoms with E-state index in [0.717, 1.165) is 29.2 Å². The highest BCUT2D eigenvalue weighted by atomic mass is 16.5. The molecule has 0 aliphatic heterocycles. The first-order chi connectivity index (χ1) is 9.28. The number of carbonyl (C=O) groups is 1. The van der Waals surface area contributed by atoms with Gasteiger partial charge in [0.25, 0.3) is 0 Å². The van der Waals surface area contributed by atoms with Gasteiger partial charge in [0.2, 0.25) is 0 Å². The average molecular weight is 252 g/mol. The summed E-state index contributed by atoms with van der Waals surface area (Å²) in [6.07, 6.45) is 5.69. The minimum absolute atomic E-state index is 0.267. The van der Waals surface area contributed by atoms with Gasteiger partial charge in [0.1, 0.15) is 0 Å². The monoisotopic (exact) mass is 252 g/mol. The number of ether oxygens (including phenoxy) is 1. The highest BCUT2D eigenvalue weighted by Gasteiger charge is 2.14. The number of fused-ring (bicyclic) bond motifs is 1. The van der Waals surface area contributed by atoms with E-state index in [0.29, 0.717) is 5.56 Å². The molecule has 0 heterocycles. The van der Waals surface area contributed by atoms with Crippen LogP contribution in [0, 0.1) is 0 Å². The quantitative estimate of drug-likeness (QED) is 0.749. The predicted molar refractivity (Wildman–Crippen MR) is 77.1 cm³/mol. The molecule has 1 saturated carbocycles. The first kappa shape index (κ1) is 12.0. The van der Waals surface area contributed by atoms with Crippen LogP contribution in [0.5, 0.6) is 0 Å². The van der Waals surface area contributed by atoms with Gasteiger partial charge in [-0.3, -0.25) is 0 Å². The molecule has 0 atom stereocenters. The van der Waals surface area contributed by atoms with Gasteiger partial charge in [-0.1, -0.05) is 35.9 Å². The average Bonchev–Trinajstić information content (AvgIpc) is 2.41. The lowest BCUT2D eigenvalue weighted by Crippen LogP contribution is -2.05. The fourth-order valence-corrected chi connectivity index (χ4v) is 2.41. The van der Waals surface area contributed by atoms with Crippen LogP contribution in [0.1, 0.15) is 35.2 Å². The van der Waals surface area contributed by atoms with Crippen molar-refractivity contribution in [2.45, 2.75) is 19.3 Å². The van der Waals surface area contributed by atoms with Crippen LogP contribution in [0.15, 0.2) is 42.0 Å². The van der Waals surface area contributed by atoms with Crippen molar-refractivity contribution in [1.82, 2.24) is 0 Å². The molecule has 0 bridgehead atoms. The van der Waals surface area contributed by atoms with E-state index in [-0.39, 0.29) is 5.97 Å². The molecule has 0 spiro atoms. The molecule has 96 valence electrons. The summed E-state index contributed by atoms with van der Waals surface area (Å²) in [5.74, 6) is -0.267. The normalized spacial score (nSPS) is 14.1. The number of allylic oxidation sites excluding steroid dienone is 1. The minimum atomic E-state index is -0.267. The molecule has 2 heteroatoms. The van der Waals surface area contributed by atoms with Gasteiger partial charge in [-0.2, -0.15) is 0 Å². The van der Waals surface area contributed by atoms with Crippen molar-refractivity contribution < 1.29 is 9.53 Å². The molecule has 0 saturated heterocycles. The van der Waals surface area contributed by atoms with Gasteiger partial charge in [0, 0.05) is 0 Å². The Morgan fingerprint density at radius 3 is 2.42 bits per heavy atom. The SMILES string of the molecule is COC(=O)c1cc2ccccc2cc1C=C1CCC1. The van der Waals surface area contributed by atoms with Gasteiger partial charge < -0.3 is 4.74 Å². The van der Waals surface area contributed by atoms with Crippen molar-refractivity contribution in [3.63, 3.8) is 0 Å². The van der Waals surface area contributed by atoms with Crippen LogP contribution in [0.4, 0.5) is 0 Å². The maximum Gasteiger partial charge on any atom is 0.338 e. The lowest BCUT2D eigenvalue weighted by Gasteiger charge is -2.17. The number of methoxy groups -OCH3 is 1. The largest absolute Gasteiger partial charge is 0.465 e. The Morgan fingerprint density at radius 1 is 1.16 bits per heavy atom. The third-order valence-electron chi connectivity index (χ3n) is 3.68. The van der Waals surface area contributed by atoms with Crippen molar-refractivity contribution >= 4 is 22.8 Å². The lowest BCUT2D eigenvalue weighted by atomic mass is 9.89. The molecule has 2 nitrogen and oxygen atoms in total. The standard InChI is InChI=1S/C17H16O2/c1-19-17(18)16-11-14-8-3-2-7-13(14)10-15(16)9-12-5-4-6-12/h2-3,7-11H,4-6H2,1H3. The van der Waals surface area contributed by atoms with E-state index in [2.05, 4.69) is 18.2 Å². The number of esters is 1. The lowest BCUT2D eigenvalue weighted by molar-refractivity contribution is 0.0600. The van der Waals surface area contributed by atoms with Gasteiger partial charge in [0.05, 0.1) is 12.7 Å².